The van der Waals surface area contributed by atoms with E-state index >= 15 is 0 Å². The molecule has 1 amide bonds. The summed E-state index contributed by atoms with van der Waals surface area (Å²) in [5.74, 6) is -1.41. The number of benzene rings is 1. The number of carbonyl (C=O) groups is 2. The highest BCUT2D eigenvalue weighted by molar-refractivity contribution is 7.13. The van der Waals surface area contributed by atoms with Crippen LogP contribution in [0.3, 0.4) is 0 Å². The molecular weight excluding hydrogens is 336 g/mol. The molecule has 23 heavy (non-hydrogen) atoms. The lowest BCUT2D eigenvalue weighted by Gasteiger charge is -2.26. The van der Waals surface area contributed by atoms with E-state index in [-0.39, 0.29) is 24.2 Å². The quantitative estimate of drug-likeness (QED) is 0.858. The Morgan fingerprint density at radius 2 is 2.17 bits per heavy atom. The third kappa shape index (κ3) is 4.30. The number of hydrogen-bond acceptors (Lipinski definition) is 4. The van der Waals surface area contributed by atoms with Crippen LogP contribution in [0.25, 0.3) is 10.6 Å². The molecule has 0 saturated heterocycles. The SMILES string of the molecule is CCC(C)N(CC(=O)O)C(=O)c1csc(-c2cccc(Cl)c2)n1. The van der Waals surface area contributed by atoms with Crippen molar-refractivity contribution >= 4 is 34.8 Å². The largest absolute Gasteiger partial charge is 0.480 e. The molecule has 5 nitrogen and oxygen atoms in total. The van der Waals surface area contributed by atoms with E-state index in [2.05, 4.69) is 4.98 Å². The Balaban J connectivity index is 2.27. The third-order valence-corrected chi connectivity index (χ3v) is 4.61. The van der Waals surface area contributed by atoms with Gasteiger partial charge in [0.1, 0.15) is 17.2 Å². The molecular formula is C16H17ClN2O3S. The molecule has 1 aromatic heterocycles. The van der Waals surface area contributed by atoms with Gasteiger partial charge in [-0.15, -0.1) is 11.3 Å². The summed E-state index contributed by atoms with van der Waals surface area (Å²) < 4.78 is 0. The lowest BCUT2D eigenvalue weighted by atomic mass is 10.2. The van der Waals surface area contributed by atoms with Crippen LogP contribution < -0.4 is 0 Å². The average Bonchev–Trinajstić information content (AvgIpc) is 3.01. The van der Waals surface area contributed by atoms with E-state index < -0.39 is 5.97 Å². The van der Waals surface area contributed by atoms with Gasteiger partial charge in [-0.05, 0) is 25.5 Å². The van der Waals surface area contributed by atoms with Crippen molar-refractivity contribution in [1.82, 2.24) is 9.88 Å². The highest BCUT2D eigenvalue weighted by Crippen LogP contribution is 2.26. The van der Waals surface area contributed by atoms with E-state index in [4.69, 9.17) is 16.7 Å². The molecule has 0 fully saturated rings. The van der Waals surface area contributed by atoms with Gasteiger partial charge in [-0.1, -0.05) is 30.7 Å². The Bertz CT molecular complexity index is 717. The number of hydrogen-bond donors (Lipinski definition) is 1. The van der Waals surface area contributed by atoms with Crippen molar-refractivity contribution < 1.29 is 14.7 Å². The first-order chi connectivity index (χ1) is 10.9. The van der Waals surface area contributed by atoms with Gasteiger partial charge in [-0.2, -0.15) is 0 Å². The Labute approximate surface area is 143 Å². The first-order valence-electron chi connectivity index (χ1n) is 7.16. The van der Waals surface area contributed by atoms with E-state index in [1.165, 1.54) is 16.2 Å². The molecule has 2 aromatic rings. The molecule has 1 atom stereocenters. The van der Waals surface area contributed by atoms with Gasteiger partial charge < -0.3 is 10.0 Å². The summed E-state index contributed by atoms with van der Waals surface area (Å²) in [6, 6.07) is 7.05. The lowest BCUT2D eigenvalue weighted by molar-refractivity contribution is -0.138. The van der Waals surface area contributed by atoms with Crippen LogP contribution in [-0.2, 0) is 4.79 Å². The second-order valence-corrected chi connectivity index (χ2v) is 6.43. The molecule has 0 aliphatic rings. The molecule has 1 unspecified atom stereocenters. The first-order valence-corrected chi connectivity index (χ1v) is 8.42. The fourth-order valence-electron chi connectivity index (χ4n) is 2.07. The van der Waals surface area contributed by atoms with Crippen molar-refractivity contribution in [2.75, 3.05) is 6.54 Å². The van der Waals surface area contributed by atoms with Gasteiger partial charge in [0.2, 0.25) is 0 Å². The van der Waals surface area contributed by atoms with Crippen LogP contribution in [0.4, 0.5) is 0 Å². The minimum absolute atomic E-state index is 0.171. The van der Waals surface area contributed by atoms with Crippen LogP contribution in [0.2, 0.25) is 5.02 Å². The van der Waals surface area contributed by atoms with Crippen molar-refractivity contribution in [2.45, 2.75) is 26.3 Å². The van der Waals surface area contributed by atoms with Gasteiger partial charge in [-0.25, -0.2) is 4.98 Å². The fourth-order valence-corrected chi connectivity index (χ4v) is 3.05. The predicted molar refractivity (Wildman–Crippen MR) is 91.0 cm³/mol. The highest BCUT2D eigenvalue weighted by atomic mass is 35.5. The smallest absolute Gasteiger partial charge is 0.323 e. The Morgan fingerprint density at radius 3 is 2.78 bits per heavy atom. The Hall–Kier alpha value is -1.92. The number of nitrogens with zero attached hydrogens (tertiary/aromatic N) is 2. The number of aromatic nitrogens is 1. The number of thiazole rings is 1. The van der Waals surface area contributed by atoms with Crippen molar-refractivity contribution in [1.29, 1.82) is 0 Å². The second kappa shape index (κ2) is 7.57. The van der Waals surface area contributed by atoms with Gasteiger partial charge in [0.25, 0.3) is 5.91 Å². The number of halogens is 1. The van der Waals surface area contributed by atoms with Gasteiger partial charge in [-0.3, -0.25) is 9.59 Å². The van der Waals surface area contributed by atoms with Crippen LogP contribution in [0.1, 0.15) is 30.8 Å². The molecule has 0 aliphatic carbocycles. The molecule has 0 bridgehead atoms. The minimum atomic E-state index is -1.04. The normalized spacial score (nSPS) is 12.0. The molecule has 122 valence electrons. The molecule has 0 spiro atoms. The third-order valence-electron chi connectivity index (χ3n) is 3.48. The van der Waals surface area contributed by atoms with Gasteiger partial charge in [0, 0.05) is 22.0 Å². The zero-order valence-electron chi connectivity index (χ0n) is 12.8. The minimum Gasteiger partial charge on any atom is -0.480 e. The number of carbonyl (C=O) groups excluding carboxylic acids is 1. The van der Waals surface area contributed by atoms with Crippen LogP contribution in [-0.4, -0.2) is 39.5 Å². The van der Waals surface area contributed by atoms with Gasteiger partial charge >= 0.3 is 5.97 Å². The molecule has 0 radical (unpaired) electrons. The molecule has 1 aromatic carbocycles. The Morgan fingerprint density at radius 1 is 1.43 bits per heavy atom. The highest BCUT2D eigenvalue weighted by Gasteiger charge is 2.25. The zero-order valence-corrected chi connectivity index (χ0v) is 14.4. The maximum atomic E-state index is 12.6. The number of carboxylic acids is 1. The molecule has 1 N–H and O–H groups in total. The van der Waals surface area contributed by atoms with Gasteiger partial charge in [0.05, 0.1) is 0 Å². The van der Waals surface area contributed by atoms with E-state index in [1.807, 2.05) is 26.0 Å². The van der Waals surface area contributed by atoms with Crippen molar-refractivity contribution in [3.63, 3.8) is 0 Å². The second-order valence-electron chi connectivity index (χ2n) is 5.13. The summed E-state index contributed by atoms with van der Waals surface area (Å²) in [7, 11) is 0. The van der Waals surface area contributed by atoms with Gasteiger partial charge in [0.15, 0.2) is 0 Å². The van der Waals surface area contributed by atoms with Crippen molar-refractivity contribution in [2.24, 2.45) is 0 Å². The fraction of sp³-hybridized carbons (Fsp3) is 0.312. The van der Waals surface area contributed by atoms with Crippen LogP contribution >= 0.6 is 22.9 Å². The number of amides is 1. The van der Waals surface area contributed by atoms with Crippen molar-refractivity contribution in [3.05, 3.63) is 40.4 Å². The maximum Gasteiger partial charge on any atom is 0.323 e. The van der Waals surface area contributed by atoms with E-state index in [0.29, 0.717) is 16.5 Å². The average molecular weight is 353 g/mol. The number of rotatable bonds is 6. The topological polar surface area (TPSA) is 70.5 Å². The van der Waals surface area contributed by atoms with E-state index in [9.17, 15) is 9.59 Å². The number of aliphatic carboxylic acids is 1. The van der Waals surface area contributed by atoms with Crippen molar-refractivity contribution in [3.8, 4) is 10.6 Å². The monoisotopic (exact) mass is 352 g/mol. The lowest BCUT2D eigenvalue weighted by Crippen LogP contribution is -2.42. The molecule has 2 rings (SSSR count). The van der Waals surface area contributed by atoms with Crippen LogP contribution in [0.15, 0.2) is 29.6 Å². The zero-order chi connectivity index (χ0) is 17.0. The molecule has 0 saturated carbocycles. The van der Waals surface area contributed by atoms with Crippen LogP contribution in [0, 0.1) is 0 Å². The Kier molecular flexibility index (Phi) is 5.74. The number of carboxylic acid groups (broad SMARTS) is 1. The summed E-state index contributed by atoms with van der Waals surface area (Å²) in [5, 5.41) is 11.9. The van der Waals surface area contributed by atoms with E-state index in [1.54, 1.807) is 17.5 Å². The summed E-state index contributed by atoms with van der Waals surface area (Å²) >= 11 is 7.30. The summed E-state index contributed by atoms with van der Waals surface area (Å²) in [6.07, 6.45) is 0.671. The van der Waals surface area contributed by atoms with E-state index in [0.717, 1.165) is 5.56 Å². The molecule has 0 aliphatic heterocycles. The first kappa shape index (κ1) is 17.4. The molecule has 1 heterocycles. The summed E-state index contributed by atoms with van der Waals surface area (Å²) in [6.45, 7) is 3.40. The van der Waals surface area contributed by atoms with Crippen LogP contribution in [0.5, 0.6) is 0 Å². The summed E-state index contributed by atoms with van der Waals surface area (Å²) in [5.41, 5.74) is 1.08. The predicted octanol–water partition coefficient (Wildman–Crippen LogP) is 3.79. The maximum absolute atomic E-state index is 12.6. The standard InChI is InChI=1S/C16H17ClN2O3S/c1-3-10(2)19(8-14(20)21)16(22)13-9-23-15(18-13)11-5-4-6-12(17)7-11/h4-7,9-10H,3,8H2,1-2H3,(H,20,21). The summed E-state index contributed by atoms with van der Waals surface area (Å²) in [4.78, 5) is 29.3. The molecule has 7 heteroatoms.